The van der Waals surface area contributed by atoms with E-state index in [9.17, 15) is 4.79 Å². The SMILES string of the molecule is CN(CC(=O)Nc1ccc(N2CCOCC2)cc1)Cc1csc(-c2cccs2)n1. The van der Waals surface area contributed by atoms with Crippen LogP contribution in [-0.2, 0) is 16.1 Å². The van der Waals surface area contributed by atoms with Crippen molar-refractivity contribution in [3.63, 3.8) is 0 Å². The molecule has 8 heteroatoms. The third-order valence-electron chi connectivity index (χ3n) is 4.66. The normalized spacial score (nSPS) is 14.3. The Kier molecular flexibility index (Phi) is 6.56. The number of carbonyl (C=O) groups excluding carboxylic acids is 1. The zero-order chi connectivity index (χ0) is 20.1. The number of morpholine rings is 1. The Morgan fingerprint density at radius 3 is 2.72 bits per heavy atom. The lowest BCUT2D eigenvalue weighted by Gasteiger charge is -2.28. The molecule has 0 spiro atoms. The minimum Gasteiger partial charge on any atom is -0.378 e. The van der Waals surface area contributed by atoms with Gasteiger partial charge in [0.05, 0.1) is 30.3 Å². The molecule has 1 aliphatic heterocycles. The lowest BCUT2D eigenvalue weighted by Crippen LogP contribution is -2.36. The van der Waals surface area contributed by atoms with E-state index in [0.717, 1.165) is 48.4 Å². The molecule has 0 saturated carbocycles. The first-order valence-electron chi connectivity index (χ1n) is 9.57. The van der Waals surface area contributed by atoms with Crippen LogP contribution in [0, 0.1) is 0 Å². The molecule has 1 saturated heterocycles. The number of benzene rings is 1. The molecule has 0 unspecified atom stereocenters. The molecule has 29 heavy (non-hydrogen) atoms. The van der Waals surface area contributed by atoms with Gasteiger partial charge in [-0.2, -0.15) is 0 Å². The lowest BCUT2D eigenvalue weighted by atomic mass is 10.2. The fraction of sp³-hybridized carbons (Fsp3) is 0.333. The average Bonchev–Trinajstić information content (AvgIpc) is 3.41. The van der Waals surface area contributed by atoms with Crippen molar-refractivity contribution in [1.29, 1.82) is 0 Å². The molecule has 0 atom stereocenters. The zero-order valence-corrected chi connectivity index (χ0v) is 18.0. The molecule has 1 aliphatic rings. The van der Waals surface area contributed by atoms with Gasteiger partial charge in [0.25, 0.3) is 0 Å². The molecule has 152 valence electrons. The van der Waals surface area contributed by atoms with E-state index in [0.29, 0.717) is 13.1 Å². The molecule has 1 fully saturated rings. The van der Waals surface area contributed by atoms with E-state index in [1.54, 1.807) is 22.7 Å². The Morgan fingerprint density at radius 2 is 2.00 bits per heavy atom. The van der Waals surface area contributed by atoms with Crippen molar-refractivity contribution < 1.29 is 9.53 Å². The average molecular weight is 429 g/mol. The van der Waals surface area contributed by atoms with Gasteiger partial charge in [-0.3, -0.25) is 9.69 Å². The summed E-state index contributed by atoms with van der Waals surface area (Å²) in [6.45, 7) is 4.29. The second-order valence-corrected chi connectivity index (χ2v) is 8.79. The third-order valence-corrected chi connectivity index (χ3v) is 6.59. The van der Waals surface area contributed by atoms with Crippen LogP contribution in [0.5, 0.6) is 0 Å². The van der Waals surface area contributed by atoms with Crippen molar-refractivity contribution in [2.75, 3.05) is 50.1 Å². The molecule has 1 amide bonds. The molecule has 0 bridgehead atoms. The number of amides is 1. The van der Waals surface area contributed by atoms with Crippen molar-refractivity contribution >= 4 is 40.0 Å². The summed E-state index contributed by atoms with van der Waals surface area (Å²) in [5, 5.41) is 8.13. The Labute approximate surface area is 178 Å². The Hall–Kier alpha value is -2.26. The van der Waals surface area contributed by atoms with Crippen LogP contribution in [0.4, 0.5) is 11.4 Å². The smallest absolute Gasteiger partial charge is 0.238 e. The summed E-state index contributed by atoms with van der Waals surface area (Å²) in [5.41, 5.74) is 2.96. The molecule has 0 aliphatic carbocycles. The largest absolute Gasteiger partial charge is 0.378 e. The predicted octanol–water partition coefficient (Wildman–Crippen LogP) is 3.78. The number of ether oxygens (including phenoxy) is 1. The van der Waals surface area contributed by atoms with Gasteiger partial charge in [0.15, 0.2) is 0 Å². The van der Waals surface area contributed by atoms with Gasteiger partial charge in [-0.1, -0.05) is 6.07 Å². The van der Waals surface area contributed by atoms with Crippen molar-refractivity contribution in [3.8, 4) is 9.88 Å². The van der Waals surface area contributed by atoms with Crippen molar-refractivity contribution in [2.24, 2.45) is 0 Å². The number of anilines is 2. The molecular formula is C21H24N4O2S2. The van der Waals surface area contributed by atoms with Crippen molar-refractivity contribution in [2.45, 2.75) is 6.54 Å². The van der Waals surface area contributed by atoms with Gasteiger partial charge in [-0.05, 0) is 42.8 Å². The molecule has 1 N–H and O–H groups in total. The highest BCUT2D eigenvalue weighted by Crippen LogP contribution is 2.28. The quantitative estimate of drug-likeness (QED) is 0.621. The number of rotatable bonds is 7. The van der Waals surface area contributed by atoms with Gasteiger partial charge < -0.3 is 15.0 Å². The molecule has 0 radical (unpaired) electrons. The van der Waals surface area contributed by atoms with Crippen LogP contribution >= 0.6 is 22.7 Å². The third kappa shape index (κ3) is 5.42. The summed E-state index contributed by atoms with van der Waals surface area (Å²) in [7, 11) is 1.94. The summed E-state index contributed by atoms with van der Waals surface area (Å²) in [4.78, 5) is 22.5. The highest BCUT2D eigenvalue weighted by Gasteiger charge is 2.13. The number of nitrogens with one attached hydrogen (secondary N) is 1. The van der Waals surface area contributed by atoms with Crippen LogP contribution in [0.1, 0.15) is 5.69 Å². The van der Waals surface area contributed by atoms with Crippen LogP contribution in [0.15, 0.2) is 47.2 Å². The van der Waals surface area contributed by atoms with E-state index in [2.05, 4.69) is 32.0 Å². The number of thiazole rings is 1. The minimum absolute atomic E-state index is 0.0275. The van der Waals surface area contributed by atoms with Crippen LogP contribution in [0.25, 0.3) is 9.88 Å². The van der Waals surface area contributed by atoms with Crippen molar-refractivity contribution in [3.05, 3.63) is 52.9 Å². The second-order valence-electron chi connectivity index (χ2n) is 6.99. The monoisotopic (exact) mass is 428 g/mol. The molecule has 2 aromatic heterocycles. The van der Waals surface area contributed by atoms with Gasteiger partial charge in [-0.25, -0.2) is 4.98 Å². The van der Waals surface area contributed by atoms with E-state index in [1.807, 2.05) is 42.3 Å². The van der Waals surface area contributed by atoms with E-state index in [1.165, 1.54) is 4.88 Å². The molecular weight excluding hydrogens is 404 g/mol. The van der Waals surface area contributed by atoms with E-state index < -0.39 is 0 Å². The first-order chi connectivity index (χ1) is 14.2. The number of nitrogens with zero attached hydrogens (tertiary/aromatic N) is 3. The Bertz CT molecular complexity index is 919. The standard InChI is InChI=1S/C21H24N4O2S2/c1-24(13-17-15-29-21(23-17)19-3-2-12-28-19)14-20(26)22-16-4-6-18(7-5-16)25-8-10-27-11-9-25/h2-7,12,15H,8-11,13-14H2,1H3,(H,22,26). The first kappa shape index (κ1) is 20.0. The van der Waals surface area contributed by atoms with Gasteiger partial charge in [0, 0.05) is 36.4 Å². The van der Waals surface area contributed by atoms with Crippen LogP contribution in [0.2, 0.25) is 0 Å². The number of hydrogen-bond acceptors (Lipinski definition) is 7. The zero-order valence-electron chi connectivity index (χ0n) is 16.3. The van der Waals surface area contributed by atoms with E-state index >= 15 is 0 Å². The lowest BCUT2D eigenvalue weighted by molar-refractivity contribution is -0.117. The van der Waals surface area contributed by atoms with Gasteiger partial charge in [-0.15, -0.1) is 22.7 Å². The highest BCUT2D eigenvalue weighted by molar-refractivity contribution is 7.20. The Balaban J connectivity index is 1.26. The second kappa shape index (κ2) is 9.49. The van der Waals surface area contributed by atoms with E-state index in [4.69, 9.17) is 4.74 Å². The highest BCUT2D eigenvalue weighted by atomic mass is 32.1. The molecule has 4 rings (SSSR count). The van der Waals surface area contributed by atoms with E-state index in [-0.39, 0.29) is 5.91 Å². The van der Waals surface area contributed by atoms with Gasteiger partial charge >= 0.3 is 0 Å². The molecule has 1 aromatic carbocycles. The van der Waals surface area contributed by atoms with Crippen molar-refractivity contribution in [1.82, 2.24) is 9.88 Å². The van der Waals surface area contributed by atoms with Gasteiger partial charge in [0.2, 0.25) is 5.91 Å². The fourth-order valence-corrected chi connectivity index (χ4v) is 4.87. The maximum Gasteiger partial charge on any atom is 0.238 e. The summed E-state index contributed by atoms with van der Waals surface area (Å²) >= 11 is 3.34. The van der Waals surface area contributed by atoms with Crippen LogP contribution in [-0.4, -0.2) is 55.7 Å². The fourth-order valence-electron chi connectivity index (χ4n) is 3.25. The number of carbonyl (C=O) groups is 1. The molecule has 3 aromatic rings. The summed E-state index contributed by atoms with van der Waals surface area (Å²) in [6.07, 6.45) is 0. The number of thiophene rings is 1. The maximum absolute atomic E-state index is 12.4. The van der Waals surface area contributed by atoms with Crippen LogP contribution < -0.4 is 10.2 Å². The first-order valence-corrected chi connectivity index (χ1v) is 11.3. The number of likely N-dealkylation sites (N-methyl/N-ethyl adjacent to an activating group) is 1. The predicted molar refractivity (Wildman–Crippen MR) is 120 cm³/mol. The van der Waals surface area contributed by atoms with Gasteiger partial charge in [0.1, 0.15) is 5.01 Å². The summed E-state index contributed by atoms with van der Waals surface area (Å²) in [5.74, 6) is -0.0275. The molecule has 6 nitrogen and oxygen atoms in total. The Morgan fingerprint density at radius 1 is 1.21 bits per heavy atom. The summed E-state index contributed by atoms with van der Waals surface area (Å²) < 4.78 is 5.39. The maximum atomic E-state index is 12.4. The number of aromatic nitrogens is 1. The number of hydrogen-bond donors (Lipinski definition) is 1. The topological polar surface area (TPSA) is 57.7 Å². The minimum atomic E-state index is -0.0275. The van der Waals surface area contributed by atoms with Crippen LogP contribution in [0.3, 0.4) is 0 Å². The summed E-state index contributed by atoms with van der Waals surface area (Å²) in [6, 6.07) is 12.1. The molecule has 3 heterocycles.